The molecule has 0 bridgehead atoms. The van der Waals surface area contributed by atoms with Gasteiger partial charge in [0, 0.05) is 5.69 Å². The van der Waals surface area contributed by atoms with Gasteiger partial charge in [-0.1, -0.05) is 33.3 Å². The summed E-state index contributed by atoms with van der Waals surface area (Å²) >= 11 is 0. The summed E-state index contributed by atoms with van der Waals surface area (Å²) in [5.41, 5.74) is 5.70. The molecule has 0 aliphatic heterocycles. The van der Waals surface area contributed by atoms with Crippen molar-refractivity contribution < 1.29 is 13.9 Å². The Morgan fingerprint density at radius 3 is 2.71 bits per heavy atom. The Labute approximate surface area is 125 Å². The van der Waals surface area contributed by atoms with Gasteiger partial charge in [0.1, 0.15) is 17.5 Å². The van der Waals surface area contributed by atoms with Crippen molar-refractivity contribution in [2.45, 2.75) is 46.1 Å². The average molecular weight is 293 g/mol. The zero-order valence-electron chi connectivity index (χ0n) is 12.9. The summed E-state index contributed by atoms with van der Waals surface area (Å²) in [7, 11) is 0. The molecule has 1 aliphatic carbocycles. The van der Waals surface area contributed by atoms with Crippen molar-refractivity contribution in [3.8, 4) is 0 Å². The predicted molar refractivity (Wildman–Crippen MR) is 81.4 cm³/mol. The molecule has 2 N–H and O–H groups in total. The number of ether oxygens (including phenoxy) is 1. The average Bonchev–Trinajstić information content (AvgIpc) is 2.38. The SMILES string of the molecule is CC1CCC(C(C)C)C(OC(=O)c2c(N)cccc2F)C1. The van der Waals surface area contributed by atoms with Gasteiger partial charge in [0.15, 0.2) is 0 Å². The number of rotatable bonds is 3. The van der Waals surface area contributed by atoms with E-state index in [0.29, 0.717) is 17.8 Å². The molecule has 0 radical (unpaired) electrons. The molecule has 0 spiro atoms. The molecule has 21 heavy (non-hydrogen) atoms. The van der Waals surface area contributed by atoms with E-state index in [1.54, 1.807) is 0 Å². The standard InChI is InChI=1S/C17H24FNO2/c1-10(2)12-8-7-11(3)9-15(12)21-17(20)16-13(18)5-4-6-14(16)19/h4-6,10-12,15H,7-9,19H2,1-3H3. The molecule has 0 heterocycles. The molecule has 1 saturated carbocycles. The third-order valence-electron chi connectivity index (χ3n) is 4.47. The summed E-state index contributed by atoms with van der Waals surface area (Å²) in [6.45, 7) is 6.44. The second-order valence-electron chi connectivity index (χ2n) is 6.47. The lowest BCUT2D eigenvalue weighted by Gasteiger charge is -2.36. The minimum atomic E-state index is -0.643. The molecule has 1 aromatic rings. The molecule has 3 nitrogen and oxygen atoms in total. The summed E-state index contributed by atoms with van der Waals surface area (Å²) in [5.74, 6) is 0.0301. The van der Waals surface area contributed by atoms with Crippen LogP contribution in [0.5, 0.6) is 0 Å². The molecule has 1 aromatic carbocycles. The molecule has 2 rings (SSSR count). The zero-order chi connectivity index (χ0) is 15.6. The first-order valence-electron chi connectivity index (χ1n) is 7.65. The Morgan fingerprint density at radius 1 is 1.38 bits per heavy atom. The van der Waals surface area contributed by atoms with Crippen LogP contribution in [0.25, 0.3) is 0 Å². The van der Waals surface area contributed by atoms with Gasteiger partial charge in [0.2, 0.25) is 0 Å². The van der Waals surface area contributed by atoms with E-state index in [-0.39, 0.29) is 17.4 Å². The number of anilines is 1. The highest BCUT2D eigenvalue weighted by atomic mass is 19.1. The van der Waals surface area contributed by atoms with E-state index in [2.05, 4.69) is 20.8 Å². The first kappa shape index (κ1) is 15.8. The number of hydrogen-bond donors (Lipinski definition) is 1. The molecule has 116 valence electrons. The van der Waals surface area contributed by atoms with Crippen molar-refractivity contribution in [2.75, 3.05) is 5.73 Å². The lowest BCUT2D eigenvalue weighted by molar-refractivity contribution is -0.0176. The third kappa shape index (κ3) is 3.55. The van der Waals surface area contributed by atoms with Crippen LogP contribution in [0.1, 0.15) is 50.4 Å². The molecule has 3 atom stereocenters. The topological polar surface area (TPSA) is 52.3 Å². The van der Waals surface area contributed by atoms with Gasteiger partial charge in [-0.2, -0.15) is 0 Å². The van der Waals surface area contributed by atoms with Crippen LogP contribution in [0.15, 0.2) is 18.2 Å². The minimum absolute atomic E-state index is 0.130. The minimum Gasteiger partial charge on any atom is -0.458 e. The van der Waals surface area contributed by atoms with Gasteiger partial charge in [-0.15, -0.1) is 0 Å². The Morgan fingerprint density at radius 2 is 2.10 bits per heavy atom. The van der Waals surface area contributed by atoms with E-state index in [1.807, 2.05) is 0 Å². The summed E-state index contributed by atoms with van der Waals surface area (Å²) < 4.78 is 19.4. The molecule has 1 aliphatic rings. The van der Waals surface area contributed by atoms with Crippen LogP contribution >= 0.6 is 0 Å². The van der Waals surface area contributed by atoms with Crippen LogP contribution in [0.4, 0.5) is 10.1 Å². The number of esters is 1. The van der Waals surface area contributed by atoms with Gasteiger partial charge in [-0.3, -0.25) is 0 Å². The summed E-state index contributed by atoms with van der Waals surface area (Å²) in [6, 6.07) is 4.24. The lowest BCUT2D eigenvalue weighted by atomic mass is 9.75. The molecule has 0 saturated heterocycles. The fourth-order valence-electron chi connectivity index (χ4n) is 3.20. The van der Waals surface area contributed by atoms with Crippen molar-refractivity contribution >= 4 is 11.7 Å². The maximum Gasteiger partial charge on any atom is 0.343 e. The van der Waals surface area contributed by atoms with Crippen molar-refractivity contribution in [3.63, 3.8) is 0 Å². The van der Waals surface area contributed by atoms with E-state index in [9.17, 15) is 9.18 Å². The Kier molecular flexibility index (Phi) is 4.86. The van der Waals surface area contributed by atoms with Crippen LogP contribution in [0.3, 0.4) is 0 Å². The van der Waals surface area contributed by atoms with Gasteiger partial charge >= 0.3 is 5.97 Å². The summed E-state index contributed by atoms with van der Waals surface area (Å²) in [5, 5.41) is 0. The number of halogens is 1. The van der Waals surface area contributed by atoms with Crippen molar-refractivity contribution in [3.05, 3.63) is 29.6 Å². The van der Waals surface area contributed by atoms with Crippen molar-refractivity contribution in [1.29, 1.82) is 0 Å². The van der Waals surface area contributed by atoms with Gasteiger partial charge in [0.25, 0.3) is 0 Å². The molecule has 4 heteroatoms. The van der Waals surface area contributed by atoms with E-state index in [0.717, 1.165) is 19.3 Å². The van der Waals surface area contributed by atoms with Crippen LogP contribution < -0.4 is 5.73 Å². The number of nitrogens with two attached hydrogens (primary N) is 1. The normalized spacial score (nSPS) is 25.9. The Bertz CT molecular complexity index is 495. The molecule has 3 unspecified atom stereocenters. The fraction of sp³-hybridized carbons (Fsp3) is 0.588. The number of nitrogen functional groups attached to an aromatic ring is 1. The second-order valence-corrected chi connectivity index (χ2v) is 6.47. The number of benzene rings is 1. The quantitative estimate of drug-likeness (QED) is 0.676. The van der Waals surface area contributed by atoms with E-state index in [4.69, 9.17) is 10.5 Å². The lowest BCUT2D eigenvalue weighted by Crippen LogP contribution is -2.36. The van der Waals surface area contributed by atoms with Crippen molar-refractivity contribution in [1.82, 2.24) is 0 Å². The number of carbonyl (C=O) groups is 1. The molecule has 0 aromatic heterocycles. The van der Waals surface area contributed by atoms with Crippen LogP contribution in [-0.2, 0) is 4.74 Å². The molecular weight excluding hydrogens is 269 g/mol. The van der Waals surface area contributed by atoms with Crippen LogP contribution in [0.2, 0.25) is 0 Å². The smallest absolute Gasteiger partial charge is 0.343 e. The maximum absolute atomic E-state index is 13.8. The van der Waals surface area contributed by atoms with E-state index in [1.165, 1.54) is 18.2 Å². The Balaban J connectivity index is 2.17. The molecule has 0 amide bonds. The number of carbonyl (C=O) groups excluding carboxylic acids is 1. The fourth-order valence-corrected chi connectivity index (χ4v) is 3.20. The van der Waals surface area contributed by atoms with E-state index < -0.39 is 11.8 Å². The van der Waals surface area contributed by atoms with Crippen LogP contribution in [-0.4, -0.2) is 12.1 Å². The monoisotopic (exact) mass is 293 g/mol. The third-order valence-corrected chi connectivity index (χ3v) is 4.47. The van der Waals surface area contributed by atoms with Gasteiger partial charge in [0.05, 0.1) is 0 Å². The Hall–Kier alpha value is -1.58. The number of hydrogen-bond acceptors (Lipinski definition) is 3. The first-order chi connectivity index (χ1) is 9.90. The highest BCUT2D eigenvalue weighted by molar-refractivity contribution is 5.95. The van der Waals surface area contributed by atoms with Gasteiger partial charge in [-0.25, -0.2) is 9.18 Å². The van der Waals surface area contributed by atoms with Gasteiger partial charge in [-0.05, 0) is 42.7 Å². The van der Waals surface area contributed by atoms with Crippen molar-refractivity contribution in [2.24, 2.45) is 17.8 Å². The maximum atomic E-state index is 13.8. The highest BCUT2D eigenvalue weighted by Crippen LogP contribution is 2.36. The highest BCUT2D eigenvalue weighted by Gasteiger charge is 2.34. The first-order valence-corrected chi connectivity index (χ1v) is 7.65. The zero-order valence-corrected chi connectivity index (χ0v) is 12.9. The molecule has 1 fully saturated rings. The summed E-state index contributed by atoms with van der Waals surface area (Å²) in [4.78, 5) is 12.3. The molecular formula is C17H24FNO2. The van der Waals surface area contributed by atoms with E-state index >= 15 is 0 Å². The summed E-state index contributed by atoms with van der Waals surface area (Å²) in [6.07, 6.45) is 2.88. The van der Waals surface area contributed by atoms with Crippen LogP contribution in [0, 0.1) is 23.6 Å². The largest absolute Gasteiger partial charge is 0.458 e. The van der Waals surface area contributed by atoms with Gasteiger partial charge < -0.3 is 10.5 Å². The predicted octanol–water partition coefficient (Wildman–Crippen LogP) is 4.03. The second kappa shape index (κ2) is 6.46.